The first-order valence-electron chi connectivity index (χ1n) is 2.83. The van der Waals surface area contributed by atoms with E-state index in [0.717, 1.165) is 0 Å². The molecule has 0 saturated heterocycles. The van der Waals surface area contributed by atoms with Crippen molar-refractivity contribution in [2.45, 2.75) is 0 Å². The summed E-state index contributed by atoms with van der Waals surface area (Å²) in [5.74, 6) is 0.618. The molecule has 0 aliphatic rings. The summed E-state index contributed by atoms with van der Waals surface area (Å²) >= 11 is 5.69. The molecule has 4 heteroatoms. The monoisotopic (exact) mass is 193 g/mol. The molecule has 0 spiro atoms. The molecule has 0 aliphatic carbocycles. The fourth-order valence-electron chi connectivity index (χ4n) is 0.695. The smallest absolute Gasteiger partial charge is 0.143 e. The number of rotatable bonds is 1. The van der Waals surface area contributed by atoms with E-state index in [1.807, 2.05) is 0 Å². The van der Waals surface area contributed by atoms with Gasteiger partial charge in [0, 0.05) is 0 Å². The van der Waals surface area contributed by atoms with Crippen LogP contribution in [-0.4, -0.2) is 7.11 Å². The molecular weight excluding hydrogens is 185 g/mol. The van der Waals surface area contributed by atoms with Gasteiger partial charge in [-0.15, -0.1) is 12.4 Å². The lowest BCUT2D eigenvalue weighted by Crippen LogP contribution is -1.91. The summed E-state index contributed by atoms with van der Waals surface area (Å²) in [4.78, 5) is 0. The Morgan fingerprint density at radius 3 is 2.55 bits per heavy atom. The molecule has 2 nitrogen and oxygen atoms in total. The highest BCUT2D eigenvalue weighted by atomic mass is 35.5. The first kappa shape index (κ1) is 10.4. The second kappa shape index (κ2) is 4.31. The van der Waals surface area contributed by atoms with Crippen molar-refractivity contribution in [2.75, 3.05) is 12.8 Å². The van der Waals surface area contributed by atoms with Crippen LogP contribution in [0.25, 0.3) is 0 Å². The number of ether oxygens (including phenoxy) is 1. The van der Waals surface area contributed by atoms with Gasteiger partial charge in [0.2, 0.25) is 0 Å². The van der Waals surface area contributed by atoms with Gasteiger partial charge in [0.25, 0.3) is 0 Å². The van der Waals surface area contributed by atoms with Crippen LogP contribution in [0.15, 0.2) is 18.2 Å². The lowest BCUT2D eigenvalue weighted by molar-refractivity contribution is 0.417. The van der Waals surface area contributed by atoms with Crippen LogP contribution in [0.4, 0.5) is 5.69 Å². The first-order valence-corrected chi connectivity index (χ1v) is 3.21. The van der Waals surface area contributed by atoms with Gasteiger partial charge in [-0.25, -0.2) is 0 Å². The Bertz CT molecular complexity index is 240. The molecule has 0 aliphatic heterocycles. The van der Waals surface area contributed by atoms with Crippen LogP contribution in [0.5, 0.6) is 5.75 Å². The van der Waals surface area contributed by atoms with Gasteiger partial charge in [-0.2, -0.15) is 0 Å². The van der Waals surface area contributed by atoms with E-state index >= 15 is 0 Å². The highest BCUT2D eigenvalue weighted by molar-refractivity contribution is 6.33. The molecule has 62 valence electrons. The average Bonchev–Trinajstić information content (AvgIpc) is 1.95. The van der Waals surface area contributed by atoms with E-state index in [4.69, 9.17) is 22.1 Å². The van der Waals surface area contributed by atoms with Crippen LogP contribution in [0.1, 0.15) is 0 Å². The Morgan fingerprint density at radius 2 is 2.09 bits per heavy atom. The molecule has 0 unspecified atom stereocenters. The molecule has 1 aromatic rings. The summed E-state index contributed by atoms with van der Waals surface area (Å²) in [5.41, 5.74) is 6.03. The summed E-state index contributed by atoms with van der Waals surface area (Å²) in [7, 11) is 1.56. The molecule has 0 heterocycles. The minimum absolute atomic E-state index is 0. The maximum absolute atomic E-state index is 5.69. The molecular formula is C7H9Cl2NO. The predicted molar refractivity (Wildman–Crippen MR) is 49.7 cm³/mol. The van der Waals surface area contributed by atoms with Gasteiger partial charge in [0.15, 0.2) is 0 Å². The zero-order valence-corrected chi connectivity index (χ0v) is 7.58. The van der Waals surface area contributed by atoms with E-state index in [9.17, 15) is 0 Å². The van der Waals surface area contributed by atoms with Crippen molar-refractivity contribution < 1.29 is 4.74 Å². The zero-order valence-electron chi connectivity index (χ0n) is 6.00. The Balaban J connectivity index is 0.000001000. The number of methoxy groups -OCH3 is 1. The van der Waals surface area contributed by atoms with Crippen LogP contribution in [0, 0.1) is 0 Å². The second-order valence-electron chi connectivity index (χ2n) is 1.86. The number of anilines is 1. The van der Waals surface area contributed by atoms with Gasteiger partial charge in [0.1, 0.15) is 5.75 Å². The third-order valence-corrected chi connectivity index (χ3v) is 1.56. The van der Waals surface area contributed by atoms with Crippen LogP contribution in [0.3, 0.4) is 0 Å². The molecule has 1 rings (SSSR count). The number of hydrogen-bond donors (Lipinski definition) is 1. The van der Waals surface area contributed by atoms with E-state index in [0.29, 0.717) is 16.5 Å². The number of benzene rings is 1. The number of para-hydroxylation sites is 1. The lowest BCUT2D eigenvalue weighted by Gasteiger charge is -2.03. The van der Waals surface area contributed by atoms with E-state index in [-0.39, 0.29) is 12.4 Å². The van der Waals surface area contributed by atoms with Crippen molar-refractivity contribution in [3.63, 3.8) is 0 Å². The summed E-state index contributed by atoms with van der Waals surface area (Å²) in [6.07, 6.45) is 0. The lowest BCUT2D eigenvalue weighted by atomic mass is 10.3. The van der Waals surface area contributed by atoms with Gasteiger partial charge in [-0.05, 0) is 12.1 Å². The predicted octanol–water partition coefficient (Wildman–Crippen LogP) is 2.35. The molecule has 1 aromatic carbocycles. The molecule has 0 fully saturated rings. The molecule has 0 atom stereocenters. The van der Waals surface area contributed by atoms with Crippen molar-refractivity contribution >= 4 is 29.7 Å². The summed E-state index contributed by atoms with van der Waals surface area (Å²) in [6.45, 7) is 0. The normalized spacial score (nSPS) is 8.55. The molecule has 0 bridgehead atoms. The number of hydrogen-bond acceptors (Lipinski definition) is 2. The first-order chi connectivity index (χ1) is 4.75. The van der Waals surface area contributed by atoms with Crippen molar-refractivity contribution in [1.29, 1.82) is 0 Å². The second-order valence-corrected chi connectivity index (χ2v) is 2.26. The van der Waals surface area contributed by atoms with Crippen LogP contribution in [-0.2, 0) is 0 Å². The largest absolute Gasteiger partial charge is 0.495 e. The minimum Gasteiger partial charge on any atom is -0.495 e. The zero-order chi connectivity index (χ0) is 7.56. The fourth-order valence-corrected chi connectivity index (χ4v) is 0.861. The Hall–Kier alpha value is -0.600. The van der Waals surface area contributed by atoms with E-state index < -0.39 is 0 Å². The maximum atomic E-state index is 5.69. The SMILES string of the molecule is COc1cccc(Cl)c1N.Cl. The van der Waals surface area contributed by atoms with Crippen molar-refractivity contribution in [3.8, 4) is 5.75 Å². The van der Waals surface area contributed by atoms with Gasteiger partial charge in [-0.3, -0.25) is 0 Å². The molecule has 2 N–H and O–H groups in total. The highest BCUT2D eigenvalue weighted by Gasteiger charge is 2.00. The van der Waals surface area contributed by atoms with Gasteiger partial charge < -0.3 is 10.5 Å². The van der Waals surface area contributed by atoms with Crippen molar-refractivity contribution in [2.24, 2.45) is 0 Å². The molecule has 11 heavy (non-hydrogen) atoms. The minimum atomic E-state index is 0. The quantitative estimate of drug-likeness (QED) is 0.696. The van der Waals surface area contributed by atoms with Gasteiger partial charge in [-0.1, -0.05) is 17.7 Å². The number of nitrogen functional groups attached to an aromatic ring is 1. The van der Waals surface area contributed by atoms with Crippen LogP contribution in [0.2, 0.25) is 5.02 Å². The molecule has 0 saturated carbocycles. The number of nitrogens with two attached hydrogens (primary N) is 1. The summed E-state index contributed by atoms with van der Waals surface area (Å²) in [6, 6.07) is 5.28. The third-order valence-electron chi connectivity index (χ3n) is 1.23. The average molecular weight is 194 g/mol. The third kappa shape index (κ3) is 2.17. The Kier molecular flexibility index (Phi) is 4.08. The topological polar surface area (TPSA) is 35.2 Å². The molecule has 0 amide bonds. The summed E-state index contributed by atoms with van der Waals surface area (Å²) in [5, 5.41) is 0.527. The standard InChI is InChI=1S/C7H8ClNO.ClH/c1-10-6-4-2-3-5(8)7(6)9;/h2-4H,9H2,1H3;1H. The highest BCUT2D eigenvalue weighted by Crippen LogP contribution is 2.27. The van der Waals surface area contributed by atoms with Crippen molar-refractivity contribution in [3.05, 3.63) is 23.2 Å². The van der Waals surface area contributed by atoms with Crippen LogP contribution < -0.4 is 10.5 Å². The molecule has 0 aromatic heterocycles. The van der Waals surface area contributed by atoms with Crippen LogP contribution >= 0.6 is 24.0 Å². The fraction of sp³-hybridized carbons (Fsp3) is 0.143. The molecule has 0 radical (unpaired) electrons. The Morgan fingerprint density at radius 1 is 1.45 bits per heavy atom. The van der Waals surface area contributed by atoms with Crippen molar-refractivity contribution in [1.82, 2.24) is 0 Å². The van der Waals surface area contributed by atoms with E-state index in [1.54, 1.807) is 25.3 Å². The summed E-state index contributed by atoms with van der Waals surface area (Å²) < 4.78 is 4.92. The van der Waals surface area contributed by atoms with Gasteiger partial charge in [0.05, 0.1) is 17.8 Å². The van der Waals surface area contributed by atoms with E-state index in [1.165, 1.54) is 0 Å². The maximum Gasteiger partial charge on any atom is 0.143 e. The van der Waals surface area contributed by atoms with E-state index in [2.05, 4.69) is 0 Å². The Labute approximate surface area is 76.7 Å². The van der Waals surface area contributed by atoms with Gasteiger partial charge >= 0.3 is 0 Å². The number of halogens is 2.